The first-order valence-electron chi connectivity index (χ1n) is 10.2. The van der Waals surface area contributed by atoms with Crippen LogP contribution in [0.5, 0.6) is 0 Å². The molecule has 1 aliphatic heterocycles. The number of nitrogens with zero attached hydrogens (tertiary/aromatic N) is 1. The zero-order valence-corrected chi connectivity index (χ0v) is 19.5. The summed E-state index contributed by atoms with van der Waals surface area (Å²) in [7, 11) is 0.391. The van der Waals surface area contributed by atoms with E-state index in [9.17, 15) is 15.0 Å². The van der Waals surface area contributed by atoms with Gasteiger partial charge in [0.05, 0.1) is 22.3 Å². The van der Waals surface area contributed by atoms with Crippen molar-refractivity contribution < 1.29 is 19.7 Å². The molecule has 0 spiro atoms. The summed E-state index contributed by atoms with van der Waals surface area (Å²) in [6.07, 6.45) is 0.912. The molecule has 0 aliphatic carbocycles. The maximum Gasteiger partial charge on any atom is 0.310 e. The standard InChI is InChI=1S/C22H29BClNO4S/c1-21(2,28)22(3,4)29-23-15-12-19(30-13-15)17-6-5-14(11-18(17)24)20(27)25-9-7-16(26)8-10-25/h5-6,11-13,16,23,26,28H,7-10H2,1-4H3. The number of aliphatic hydroxyl groups is 2. The molecular weight excluding hydrogens is 421 g/mol. The van der Waals surface area contributed by atoms with Gasteiger partial charge in [0.25, 0.3) is 5.91 Å². The molecule has 1 aliphatic rings. The van der Waals surface area contributed by atoms with Gasteiger partial charge in [-0.2, -0.15) is 0 Å². The molecule has 2 N–H and O–H groups in total. The molecule has 1 aromatic carbocycles. The Balaban J connectivity index is 1.69. The lowest BCUT2D eigenvalue weighted by Crippen LogP contribution is -2.49. The van der Waals surface area contributed by atoms with Crippen LogP contribution in [0.4, 0.5) is 0 Å². The van der Waals surface area contributed by atoms with E-state index >= 15 is 0 Å². The second-order valence-electron chi connectivity index (χ2n) is 8.90. The van der Waals surface area contributed by atoms with Crippen molar-refractivity contribution in [2.75, 3.05) is 13.1 Å². The Labute approximate surface area is 187 Å². The van der Waals surface area contributed by atoms with Gasteiger partial charge in [-0.25, -0.2) is 0 Å². The summed E-state index contributed by atoms with van der Waals surface area (Å²) in [5.74, 6) is -0.0514. The van der Waals surface area contributed by atoms with Gasteiger partial charge in [0.15, 0.2) is 0 Å². The van der Waals surface area contributed by atoms with Crippen LogP contribution in [0.1, 0.15) is 50.9 Å². The van der Waals surface area contributed by atoms with Gasteiger partial charge in [-0.05, 0) is 69.6 Å². The predicted octanol–water partition coefficient (Wildman–Crippen LogP) is 3.21. The van der Waals surface area contributed by atoms with Gasteiger partial charge < -0.3 is 19.8 Å². The number of rotatable bonds is 6. The molecule has 3 rings (SSSR count). The van der Waals surface area contributed by atoms with E-state index in [4.69, 9.17) is 16.3 Å². The molecule has 1 fully saturated rings. The van der Waals surface area contributed by atoms with E-state index in [0.717, 1.165) is 15.9 Å². The number of amides is 1. The fraction of sp³-hybridized carbons (Fsp3) is 0.500. The van der Waals surface area contributed by atoms with Crippen molar-refractivity contribution in [1.82, 2.24) is 4.90 Å². The first-order chi connectivity index (χ1) is 14.0. The van der Waals surface area contributed by atoms with Crippen LogP contribution in [0.2, 0.25) is 5.02 Å². The molecule has 0 atom stereocenters. The lowest BCUT2D eigenvalue weighted by Gasteiger charge is -2.37. The minimum atomic E-state index is -0.954. The van der Waals surface area contributed by atoms with Crippen molar-refractivity contribution in [2.45, 2.75) is 57.8 Å². The summed E-state index contributed by atoms with van der Waals surface area (Å²) >= 11 is 8.09. The van der Waals surface area contributed by atoms with Crippen LogP contribution in [0, 0.1) is 0 Å². The Hall–Kier alpha value is -1.38. The minimum Gasteiger partial charge on any atom is -0.427 e. The van der Waals surface area contributed by atoms with E-state index in [1.165, 1.54) is 0 Å². The Morgan fingerprint density at radius 1 is 1.23 bits per heavy atom. The molecule has 2 heterocycles. The van der Waals surface area contributed by atoms with Crippen LogP contribution in [-0.2, 0) is 4.65 Å². The highest BCUT2D eigenvalue weighted by atomic mass is 35.5. The number of carbonyl (C=O) groups excluding carboxylic acids is 1. The Morgan fingerprint density at radius 3 is 2.50 bits per heavy atom. The van der Waals surface area contributed by atoms with Crippen molar-refractivity contribution in [3.63, 3.8) is 0 Å². The monoisotopic (exact) mass is 449 g/mol. The van der Waals surface area contributed by atoms with E-state index < -0.39 is 11.2 Å². The number of hydrogen-bond donors (Lipinski definition) is 2. The van der Waals surface area contributed by atoms with Gasteiger partial charge in [-0.3, -0.25) is 4.79 Å². The molecule has 30 heavy (non-hydrogen) atoms. The molecule has 5 nitrogen and oxygen atoms in total. The highest BCUT2D eigenvalue weighted by Gasteiger charge is 2.35. The fourth-order valence-corrected chi connectivity index (χ4v) is 4.41. The molecule has 0 radical (unpaired) electrons. The number of piperidine rings is 1. The lowest BCUT2D eigenvalue weighted by molar-refractivity contribution is -0.0893. The first kappa shape index (κ1) is 23.3. The predicted molar refractivity (Wildman–Crippen MR) is 124 cm³/mol. The van der Waals surface area contributed by atoms with Crippen molar-refractivity contribution in [3.8, 4) is 10.4 Å². The van der Waals surface area contributed by atoms with Gasteiger partial charge in [-0.15, -0.1) is 11.3 Å². The number of halogens is 1. The molecule has 1 saturated heterocycles. The van der Waals surface area contributed by atoms with E-state index in [1.54, 1.807) is 36.2 Å². The molecule has 0 unspecified atom stereocenters. The molecule has 8 heteroatoms. The Morgan fingerprint density at radius 2 is 1.90 bits per heavy atom. The third-order valence-electron chi connectivity index (χ3n) is 5.96. The number of likely N-dealkylation sites (tertiary alicyclic amines) is 1. The number of thiophene rings is 1. The van der Waals surface area contributed by atoms with Crippen LogP contribution in [0.25, 0.3) is 10.4 Å². The first-order valence-corrected chi connectivity index (χ1v) is 11.4. The summed E-state index contributed by atoms with van der Waals surface area (Å²) < 4.78 is 5.94. The fourth-order valence-electron chi connectivity index (χ4n) is 3.13. The van der Waals surface area contributed by atoms with E-state index in [2.05, 4.69) is 0 Å². The van der Waals surface area contributed by atoms with Crippen molar-refractivity contribution >= 4 is 41.8 Å². The van der Waals surface area contributed by atoms with Crippen LogP contribution < -0.4 is 5.46 Å². The summed E-state index contributed by atoms with van der Waals surface area (Å²) in [4.78, 5) is 15.5. The minimum absolute atomic E-state index is 0.0514. The van der Waals surface area contributed by atoms with Crippen molar-refractivity contribution in [1.29, 1.82) is 0 Å². The summed E-state index contributed by atoms with van der Waals surface area (Å²) in [5, 5.41) is 22.4. The Kier molecular flexibility index (Phi) is 6.99. The third-order valence-corrected chi connectivity index (χ3v) is 7.29. The van der Waals surface area contributed by atoms with Crippen LogP contribution in [0.3, 0.4) is 0 Å². The summed E-state index contributed by atoms with van der Waals surface area (Å²) in [5.41, 5.74) is 0.811. The van der Waals surface area contributed by atoms with E-state index in [1.807, 2.05) is 37.4 Å². The van der Waals surface area contributed by atoms with E-state index in [0.29, 0.717) is 44.0 Å². The van der Waals surface area contributed by atoms with Gasteiger partial charge in [0, 0.05) is 29.1 Å². The third kappa shape index (κ3) is 5.26. The molecule has 1 aromatic heterocycles. The van der Waals surface area contributed by atoms with Crippen LogP contribution in [-0.4, -0.2) is 58.9 Å². The maximum atomic E-state index is 12.7. The van der Waals surface area contributed by atoms with Gasteiger partial charge >= 0.3 is 7.48 Å². The Bertz CT molecular complexity index is 901. The number of aliphatic hydroxyl groups excluding tert-OH is 1. The highest BCUT2D eigenvalue weighted by Crippen LogP contribution is 2.32. The normalized spacial score (nSPS) is 16.0. The van der Waals surface area contributed by atoms with E-state index in [-0.39, 0.29) is 12.0 Å². The number of hydrogen-bond acceptors (Lipinski definition) is 5. The second kappa shape index (κ2) is 9.01. The summed E-state index contributed by atoms with van der Waals surface area (Å²) in [6, 6.07) is 7.44. The smallest absolute Gasteiger partial charge is 0.310 e. The SMILES string of the molecule is CC(C)(O)C(C)(C)OBc1csc(-c2ccc(C(=O)N3CCC(O)CC3)cc2Cl)c1. The number of carbonyl (C=O) groups is 1. The van der Waals surface area contributed by atoms with Crippen LogP contribution in [0.15, 0.2) is 29.6 Å². The quantitative estimate of drug-likeness (QED) is 0.664. The molecule has 1 amide bonds. The molecular formula is C22H29BClNO4S. The average Bonchev–Trinajstić information content (AvgIpc) is 3.14. The average molecular weight is 450 g/mol. The lowest BCUT2D eigenvalue weighted by atomic mass is 9.83. The van der Waals surface area contributed by atoms with Crippen molar-refractivity contribution in [3.05, 3.63) is 40.2 Å². The van der Waals surface area contributed by atoms with Crippen molar-refractivity contribution in [2.24, 2.45) is 0 Å². The molecule has 2 aromatic rings. The van der Waals surface area contributed by atoms with Gasteiger partial charge in [-0.1, -0.05) is 17.7 Å². The molecule has 0 bridgehead atoms. The maximum absolute atomic E-state index is 12.7. The van der Waals surface area contributed by atoms with Gasteiger partial charge in [0.2, 0.25) is 0 Å². The zero-order valence-electron chi connectivity index (χ0n) is 17.9. The molecule has 162 valence electrons. The highest BCUT2D eigenvalue weighted by molar-refractivity contribution is 7.14. The number of benzene rings is 1. The topological polar surface area (TPSA) is 70.0 Å². The van der Waals surface area contributed by atoms with Crippen LogP contribution >= 0.6 is 22.9 Å². The second-order valence-corrected chi connectivity index (χ2v) is 10.2. The van der Waals surface area contributed by atoms with Gasteiger partial charge in [0.1, 0.15) is 0 Å². The molecule has 0 saturated carbocycles. The largest absolute Gasteiger partial charge is 0.427 e. The summed E-state index contributed by atoms with van der Waals surface area (Å²) in [6.45, 7) is 8.34. The zero-order chi connectivity index (χ0) is 22.1.